The zero-order chi connectivity index (χ0) is 12.3. The molecule has 0 fully saturated rings. The molecule has 1 atom stereocenters. The van der Waals surface area contributed by atoms with Gasteiger partial charge in [-0.3, -0.25) is 4.84 Å². The molecule has 0 radical (unpaired) electrons. The first-order valence-corrected chi connectivity index (χ1v) is 5.43. The Morgan fingerprint density at radius 2 is 2.53 bits per heavy atom. The lowest BCUT2D eigenvalue weighted by molar-refractivity contribution is -0.101. The Labute approximate surface area is 98.5 Å². The molecule has 0 spiro atoms. The minimum absolute atomic E-state index is 0.124. The number of hydrogen-bond donors (Lipinski definition) is 1. The van der Waals surface area contributed by atoms with E-state index in [-0.39, 0.29) is 6.04 Å². The van der Waals surface area contributed by atoms with Gasteiger partial charge in [-0.2, -0.15) is 5.11 Å². The Kier molecular flexibility index (Phi) is 3.27. The van der Waals surface area contributed by atoms with Crippen molar-refractivity contribution in [2.45, 2.75) is 25.8 Å². The Morgan fingerprint density at radius 1 is 1.71 bits per heavy atom. The summed E-state index contributed by atoms with van der Waals surface area (Å²) in [6.45, 7) is 2.21. The molecule has 2 N–H and O–H groups in total. The summed E-state index contributed by atoms with van der Waals surface area (Å²) in [6.07, 6.45) is 4.14. The van der Waals surface area contributed by atoms with Crippen LogP contribution in [0.1, 0.15) is 19.8 Å². The van der Waals surface area contributed by atoms with Gasteiger partial charge >= 0.3 is 6.16 Å². The van der Waals surface area contributed by atoms with Crippen LogP contribution in [0.3, 0.4) is 0 Å². The van der Waals surface area contributed by atoms with Crippen molar-refractivity contribution in [1.29, 1.82) is 0 Å². The molecule has 7 nitrogen and oxygen atoms in total. The predicted octanol–water partition coefficient (Wildman–Crippen LogP) is 1.65. The van der Waals surface area contributed by atoms with Gasteiger partial charge in [-0.25, -0.2) is 4.79 Å². The van der Waals surface area contributed by atoms with Gasteiger partial charge in [-0.1, -0.05) is 18.2 Å². The molecule has 0 aromatic carbocycles. The molecule has 2 aliphatic rings. The van der Waals surface area contributed by atoms with Crippen LogP contribution < -0.4 is 5.73 Å². The topological polar surface area (TPSA) is 89.5 Å². The van der Waals surface area contributed by atoms with Crippen molar-refractivity contribution in [3.05, 3.63) is 23.5 Å². The highest BCUT2D eigenvalue weighted by molar-refractivity contribution is 5.59. The number of hydrogen-bond acceptors (Lipinski definition) is 7. The van der Waals surface area contributed by atoms with E-state index in [2.05, 4.69) is 10.3 Å². The lowest BCUT2D eigenvalue weighted by atomic mass is 10.1. The number of nitrogens with two attached hydrogens (primary N) is 1. The summed E-state index contributed by atoms with van der Waals surface area (Å²) in [5.41, 5.74) is 6.93. The molecule has 0 aromatic heterocycles. The SMILES string of the molecule is CCCOC(=O)ON1N=NC2CC=C(N)C=C21. The first-order valence-electron chi connectivity index (χ1n) is 5.43. The molecule has 0 saturated carbocycles. The minimum atomic E-state index is -0.791. The van der Waals surface area contributed by atoms with Crippen LogP contribution in [0.5, 0.6) is 0 Å². The van der Waals surface area contributed by atoms with Crippen LogP contribution in [0.2, 0.25) is 0 Å². The van der Waals surface area contributed by atoms with Crippen molar-refractivity contribution in [3.8, 4) is 0 Å². The molecule has 1 aliphatic carbocycles. The van der Waals surface area contributed by atoms with Crippen molar-refractivity contribution in [2.24, 2.45) is 16.1 Å². The fraction of sp³-hybridized carbons (Fsp3) is 0.500. The van der Waals surface area contributed by atoms with Crippen molar-refractivity contribution < 1.29 is 14.4 Å². The summed E-state index contributed by atoms with van der Waals surface area (Å²) < 4.78 is 4.78. The predicted molar refractivity (Wildman–Crippen MR) is 58.2 cm³/mol. The monoisotopic (exact) mass is 238 g/mol. The van der Waals surface area contributed by atoms with Crippen LogP contribution in [0.25, 0.3) is 0 Å². The van der Waals surface area contributed by atoms with Crippen molar-refractivity contribution in [2.75, 3.05) is 6.61 Å². The normalized spacial score (nSPS) is 21.7. The van der Waals surface area contributed by atoms with Gasteiger partial charge < -0.3 is 10.5 Å². The maximum Gasteiger partial charge on any atom is 0.535 e. The summed E-state index contributed by atoms with van der Waals surface area (Å²) in [4.78, 5) is 16.1. The molecular weight excluding hydrogens is 224 g/mol. The van der Waals surface area contributed by atoms with Gasteiger partial charge in [-0.05, 0) is 24.1 Å². The standard InChI is InChI=1S/C10H14N4O3/c1-2-5-16-10(15)17-14-9-6-7(11)3-4-8(9)12-13-14/h3,6,8H,2,4-5,11H2,1H3. The summed E-state index contributed by atoms with van der Waals surface area (Å²) in [5.74, 6) is 0. The van der Waals surface area contributed by atoms with Gasteiger partial charge in [0.25, 0.3) is 0 Å². The summed E-state index contributed by atoms with van der Waals surface area (Å²) in [6, 6.07) is -0.124. The molecule has 1 aliphatic heterocycles. The van der Waals surface area contributed by atoms with Crippen molar-refractivity contribution >= 4 is 6.16 Å². The molecule has 7 heteroatoms. The number of nitrogens with zero attached hydrogens (tertiary/aromatic N) is 3. The van der Waals surface area contributed by atoms with Crippen LogP contribution in [-0.2, 0) is 9.57 Å². The zero-order valence-corrected chi connectivity index (χ0v) is 9.50. The number of carbonyl (C=O) groups is 1. The Bertz CT molecular complexity index is 402. The van der Waals surface area contributed by atoms with Gasteiger partial charge in [0.15, 0.2) is 0 Å². The lowest BCUT2D eigenvalue weighted by Crippen LogP contribution is -2.25. The van der Waals surface area contributed by atoms with Crippen LogP contribution in [0.4, 0.5) is 4.79 Å². The second-order valence-corrected chi connectivity index (χ2v) is 3.69. The van der Waals surface area contributed by atoms with E-state index in [9.17, 15) is 4.79 Å². The van der Waals surface area contributed by atoms with Crippen molar-refractivity contribution in [1.82, 2.24) is 5.17 Å². The molecule has 0 amide bonds. The molecule has 0 saturated heterocycles. The molecule has 0 aromatic rings. The van der Waals surface area contributed by atoms with E-state index < -0.39 is 6.16 Å². The molecule has 2 rings (SSSR count). The summed E-state index contributed by atoms with van der Waals surface area (Å²) in [5, 5.41) is 8.76. The second-order valence-electron chi connectivity index (χ2n) is 3.69. The molecular formula is C10H14N4O3. The van der Waals surface area contributed by atoms with Gasteiger partial charge in [-0.15, -0.1) is 0 Å². The Hall–Kier alpha value is -2.05. The van der Waals surface area contributed by atoms with Gasteiger partial charge in [0.2, 0.25) is 0 Å². The van der Waals surface area contributed by atoms with E-state index in [0.717, 1.165) is 11.6 Å². The van der Waals surface area contributed by atoms with Crippen LogP contribution in [-0.4, -0.2) is 24.0 Å². The fourth-order valence-corrected chi connectivity index (χ4v) is 1.50. The molecule has 1 heterocycles. The van der Waals surface area contributed by atoms with E-state index in [1.807, 2.05) is 13.0 Å². The smallest absolute Gasteiger partial charge is 0.433 e. The fourth-order valence-electron chi connectivity index (χ4n) is 1.50. The van der Waals surface area contributed by atoms with E-state index >= 15 is 0 Å². The second kappa shape index (κ2) is 4.86. The zero-order valence-electron chi connectivity index (χ0n) is 9.50. The van der Waals surface area contributed by atoms with Gasteiger partial charge in [0.1, 0.15) is 11.7 Å². The highest BCUT2D eigenvalue weighted by Gasteiger charge is 2.31. The van der Waals surface area contributed by atoms with E-state index in [1.165, 1.54) is 0 Å². The molecule has 0 bridgehead atoms. The minimum Gasteiger partial charge on any atom is -0.433 e. The van der Waals surface area contributed by atoms with E-state index in [0.29, 0.717) is 24.4 Å². The quantitative estimate of drug-likeness (QED) is 0.755. The first kappa shape index (κ1) is 11.4. The molecule has 1 unspecified atom stereocenters. The van der Waals surface area contributed by atoms with Gasteiger partial charge in [0, 0.05) is 5.70 Å². The molecule has 92 valence electrons. The van der Waals surface area contributed by atoms with Crippen LogP contribution in [0, 0.1) is 0 Å². The number of rotatable bonds is 3. The summed E-state index contributed by atoms with van der Waals surface area (Å²) >= 11 is 0. The maximum atomic E-state index is 11.3. The number of ether oxygens (including phenoxy) is 1. The van der Waals surface area contributed by atoms with E-state index in [1.54, 1.807) is 6.08 Å². The average Bonchev–Trinajstić information content (AvgIpc) is 2.69. The average molecular weight is 238 g/mol. The van der Waals surface area contributed by atoms with Gasteiger partial charge in [0.05, 0.1) is 6.61 Å². The van der Waals surface area contributed by atoms with Crippen LogP contribution >= 0.6 is 0 Å². The highest BCUT2D eigenvalue weighted by atomic mass is 16.8. The first-order chi connectivity index (χ1) is 8.20. The van der Waals surface area contributed by atoms with Crippen LogP contribution in [0.15, 0.2) is 33.9 Å². The number of carbonyl (C=O) groups excluding carboxylic acids is 1. The lowest BCUT2D eigenvalue weighted by Gasteiger charge is -2.17. The Balaban J connectivity index is 1.96. The summed E-state index contributed by atoms with van der Waals surface area (Å²) in [7, 11) is 0. The largest absolute Gasteiger partial charge is 0.535 e. The van der Waals surface area contributed by atoms with Crippen molar-refractivity contribution in [3.63, 3.8) is 0 Å². The number of fused-ring (bicyclic) bond motifs is 1. The number of allylic oxidation sites excluding steroid dienone is 1. The Morgan fingerprint density at radius 3 is 3.29 bits per heavy atom. The van der Waals surface area contributed by atoms with E-state index in [4.69, 9.17) is 15.3 Å². The highest BCUT2D eigenvalue weighted by Crippen LogP contribution is 2.28. The maximum absolute atomic E-state index is 11.3. The third-order valence-corrected chi connectivity index (χ3v) is 2.31. The molecule has 17 heavy (non-hydrogen) atoms. The third kappa shape index (κ3) is 2.55. The number of hydroxylamine groups is 1. The third-order valence-electron chi connectivity index (χ3n) is 2.31.